The maximum absolute atomic E-state index is 13.2. The van der Waals surface area contributed by atoms with Gasteiger partial charge in [0.1, 0.15) is 11.5 Å². The lowest BCUT2D eigenvalue weighted by molar-refractivity contribution is 0.0951. The number of nitrogens with zero attached hydrogens (tertiary/aromatic N) is 1. The third kappa shape index (κ3) is 4.21. The second-order valence-corrected chi connectivity index (χ2v) is 7.19. The molecule has 6 nitrogen and oxygen atoms in total. The van der Waals surface area contributed by atoms with E-state index >= 15 is 0 Å². The van der Waals surface area contributed by atoms with E-state index in [0.29, 0.717) is 40.9 Å². The third-order valence-corrected chi connectivity index (χ3v) is 5.21. The van der Waals surface area contributed by atoms with Crippen molar-refractivity contribution in [1.82, 2.24) is 9.88 Å². The summed E-state index contributed by atoms with van der Waals surface area (Å²) >= 11 is 0. The number of benzene rings is 3. The summed E-state index contributed by atoms with van der Waals surface area (Å²) in [7, 11) is 1.57. The molecule has 0 bridgehead atoms. The van der Waals surface area contributed by atoms with Gasteiger partial charge in [-0.1, -0.05) is 42.5 Å². The summed E-state index contributed by atoms with van der Waals surface area (Å²) in [6.45, 7) is 2.77. The van der Waals surface area contributed by atoms with Gasteiger partial charge < -0.3 is 14.8 Å². The quantitative estimate of drug-likeness (QED) is 0.476. The predicted molar refractivity (Wildman–Crippen MR) is 125 cm³/mol. The van der Waals surface area contributed by atoms with E-state index in [4.69, 9.17) is 9.47 Å². The SMILES string of the molecule is CCOc1ccccc1CNC(=O)c1cn(-c2cccc(OC)c2)c(=O)c2ccccc12. The van der Waals surface area contributed by atoms with E-state index in [1.807, 2.05) is 37.3 Å². The molecule has 1 amide bonds. The zero-order valence-electron chi connectivity index (χ0n) is 18.0. The molecule has 1 heterocycles. The minimum absolute atomic E-state index is 0.202. The highest BCUT2D eigenvalue weighted by molar-refractivity contribution is 6.06. The summed E-state index contributed by atoms with van der Waals surface area (Å²) in [6, 6.07) is 21.9. The first kappa shape index (κ1) is 21.2. The smallest absolute Gasteiger partial charge is 0.262 e. The Hall–Kier alpha value is -4.06. The summed E-state index contributed by atoms with van der Waals surface area (Å²) in [5, 5.41) is 4.04. The van der Waals surface area contributed by atoms with E-state index in [9.17, 15) is 9.59 Å². The Balaban J connectivity index is 1.74. The standard InChI is InChI=1S/C26H24N2O4/c1-3-32-24-14-7-4-9-18(24)16-27-25(29)23-17-28(19-10-8-11-20(15-19)31-2)26(30)22-13-6-5-12-21(22)23/h4-15,17H,3,16H2,1-2H3,(H,27,29). The van der Waals surface area contributed by atoms with Crippen LogP contribution < -0.4 is 20.3 Å². The summed E-state index contributed by atoms with van der Waals surface area (Å²) in [5.74, 6) is 1.09. The van der Waals surface area contributed by atoms with Crippen LogP contribution in [0.3, 0.4) is 0 Å². The Kier molecular flexibility index (Phi) is 6.22. The molecule has 32 heavy (non-hydrogen) atoms. The predicted octanol–water partition coefficient (Wildman–Crippen LogP) is 4.33. The van der Waals surface area contributed by atoms with Crippen LogP contribution in [0.2, 0.25) is 0 Å². The van der Waals surface area contributed by atoms with Crippen LogP contribution in [0.15, 0.2) is 83.8 Å². The van der Waals surface area contributed by atoms with Gasteiger partial charge in [-0.3, -0.25) is 14.2 Å². The normalized spacial score (nSPS) is 10.7. The second kappa shape index (κ2) is 9.39. The Morgan fingerprint density at radius 3 is 2.50 bits per heavy atom. The summed E-state index contributed by atoms with van der Waals surface area (Å²) in [6.07, 6.45) is 1.59. The first-order valence-electron chi connectivity index (χ1n) is 10.4. The molecule has 0 spiro atoms. The third-order valence-electron chi connectivity index (χ3n) is 5.21. The van der Waals surface area contributed by atoms with Crippen LogP contribution in [-0.2, 0) is 6.54 Å². The van der Waals surface area contributed by atoms with Crippen molar-refractivity contribution in [3.05, 3.63) is 100 Å². The molecule has 162 valence electrons. The van der Waals surface area contributed by atoms with Crippen molar-refractivity contribution in [1.29, 1.82) is 0 Å². The number of pyridine rings is 1. The molecule has 4 rings (SSSR count). The fourth-order valence-corrected chi connectivity index (χ4v) is 3.64. The summed E-state index contributed by atoms with van der Waals surface area (Å²) < 4.78 is 12.4. The number of para-hydroxylation sites is 1. The van der Waals surface area contributed by atoms with Gasteiger partial charge in [0.15, 0.2) is 0 Å². The Morgan fingerprint density at radius 1 is 0.969 bits per heavy atom. The molecule has 0 saturated carbocycles. The highest BCUT2D eigenvalue weighted by Crippen LogP contribution is 2.21. The van der Waals surface area contributed by atoms with Crippen molar-refractivity contribution < 1.29 is 14.3 Å². The van der Waals surface area contributed by atoms with Crippen LogP contribution in [0.25, 0.3) is 16.5 Å². The zero-order chi connectivity index (χ0) is 22.5. The molecule has 0 aliphatic rings. The van der Waals surface area contributed by atoms with E-state index < -0.39 is 0 Å². The topological polar surface area (TPSA) is 69.6 Å². The van der Waals surface area contributed by atoms with E-state index in [1.165, 1.54) is 4.57 Å². The van der Waals surface area contributed by atoms with Crippen molar-refractivity contribution in [2.45, 2.75) is 13.5 Å². The Morgan fingerprint density at radius 2 is 1.72 bits per heavy atom. The number of methoxy groups -OCH3 is 1. The number of fused-ring (bicyclic) bond motifs is 1. The summed E-state index contributed by atoms with van der Waals surface area (Å²) in [4.78, 5) is 26.4. The fourth-order valence-electron chi connectivity index (χ4n) is 3.64. The molecule has 0 saturated heterocycles. The van der Waals surface area contributed by atoms with E-state index in [0.717, 1.165) is 11.3 Å². The van der Waals surface area contributed by atoms with Gasteiger partial charge in [0, 0.05) is 35.1 Å². The minimum atomic E-state index is -0.274. The molecule has 4 aromatic rings. The molecule has 0 unspecified atom stereocenters. The highest BCUT2D eigenvalue weighted by atomic mass is 16.5. The van der Waals surface area contributed by atoms with Gasteiger partial charge in [0.2, 0.25) is 0 Å². The van der Waals surface area contributed by atoms with Crippen molar-refractivity contribution in [3.8, 4) is 17.2 Å². The lowest BCUT2D eigenvalue weighted by Crippen LogP contribution is -2.27. The van der Waals surface area contributed by atoms with Gasteiger partial charge in [0.25, 0.3) is 11.5 Å². The van der Waals surface area contributed by atoms with Crippen LogP contribution in [0.1, 0.15) is 22.8 Å². The van der Waals surface area contributed by atoms with Gasteiger partial charge >= 0.3 is 0 Å². The van der Waals surface area contributed by atoms with Gasteiger partial charge in [-0.05, 0) is 31.2 Å². The molecule has 0 aliphatic heterocycles. The molecular formula is C26H24N2O4. The van der Waals surface area contributed by atoms with Crippen LogP contribution in [0, 0.1) is 0 Å². The largest absolute Gasteiger partial charge is 0.497 e. The van der Waals surface area contributed by atoms with Crippen LogP contribution >= 0.6 is 0 Å². The number of hydrogen-bond acceptors (Lipinski definition) is 4. The van der Waals surface area contributed by atoms with Gasteiger partial charge in [-0.15, -0.1) is 0 Å². The lowest BCUT2D eigenvalue weighted by atomic mass is 10.1. The molecule has 6 heteroatoms. The highest BCUT2D eigenvalue weighted by Gasteiger charge is 2.16. The maximum Gasteiger partial charge on any atom is 0.262 e. The second-order valence-electron chi connectivity index (χ2n) is 7.19. The molecular weight excluding hydrogens is 404 g/mol. The Labute approximate surface area is 186 Å². The number of ether oxygens (including phenoxy) is 2. The van der Waals surface area contributed by atoms with Crippen molar-refractivity contribution >= 4 is 16.7 Å². The monoisotopic (exact) mass is 428 g/mol. The van der Waals surface area contributed by atoms with Gasteiger partial charge in [0.05, 0.1) is 25.0 Å². The first-order chi connectivity index (χ1) is 15.6. The fraction of sp³-hybridized carbons (Fsp3) is 0.154. The van der Waals surface area contributed by atoms with Crippen molar-refractivity contribution in [2.24, 2.45) is 0 Å². The zero-order valence-corrected chi connectivity index (χ0v) is 18.0. The van der Waals surface area contributed by atoms with Gasteiger partial charge in [-0.2, -0.15) is 0 Å². The first-order valence-corrected chi connectivity index (χ1v) is 10.4. The molecule has 1 N–H and O–H groups in total. The van der Waals surface area contributed by atoms with Crippen molar-refractivity contribution in [3.63, 3.8) is 0 Å². The number of aromatic nitrogens is 1. The van der Waals surface area contributed by atoms with Gasteiger partial charge in [-0.25, -0.2) is 0 Å². The Bertz CT molecular complexity index is 1330. The molecule has 0 aliphatic carbocycles. The molecule has 3 aromatic carbocycles. The number of hydrogen-bond donors (Lipinski definition) is 1. The molecule has 0 radical (unpaired) electrons. The average Bonchev–Trinajstić information content (AvgIpc) is 2.84. The van der Waals surface area contributed by atoms with E-state index in [1.54, 1.807) is 55.8 Å². The number of nitrogens with one attached hydrogen (secondary N) is 1. The van der Waals surface area contributed by atoms with E-state index in [-0.39, 0.29) is 11.5 Å². The maximum atomic E-state index is 13.2. The van der Waals surface area contributed by atoms with Crippen LogP contribution in [-0.4, -0.2) is 24.2 Å². The number of carbonyl (C=O) groups excluding carboxylic acids is 1. The van der Waals surface area contributed by atoms with Crippen LogP contribution in [0.5, 0.6) is 11.5 Å². The number of rotatable bonds is 7. The molecule has 0 atom stereocenters. The minimum Gasteiger partial charge on any atom is -0.497 e. The lowest BCUT2D eigenvalue weighted by Gasteiger charge is -2.14. The number of carbonyl (C=O) groups is 1. The van der Waals surface area contributed by atoms with Crippen LogP contribution in [0.4, 0.5) is 0 Å². The van der Waals surface area contributed by atoms with Crippen molar-refractivity contribution in [2.75, 3.05) is 13.7 Å². The number of amides is 1. The van der Waals surface area contributed by atoms with E-state index in [2.05, 4.69) is 5.32 Å². The molecule has 1 aromatic heterocycles. The summed E-state index contributed by atoms with van der Waals surface area (Å²) in [5.41, 5.74) is 1.72. The molecule has 0 fully saturated rings. The average molecular weight is 428 g/mol.